The summed E-state index contributed by atoms with van der Waals surface area (Å²) in [6.07, 6.45) is -5.15. The van der Waals surface area contributed by atoms with E-state index in [1.54, 1.807) is 0 Å². The first-order valence-corrected chi connectivity index (χ1v) is 8.71. The van der Waals surface area contributed by atoms with Crippen LogP contribution in [0.1, 0.15) is 11.8 Å². The molecule has 1 saturated heterocycles. The molecule has 1 fully saturated rings. The molecule has 2 heterocycles. The Kier molecular flexibility index (Phi) is 7.68. The number of aromatic nitrogens is 2. The molecule has 0 radical (unpaired) electrons. The molecule has 0 spiro atoms. The minimum absolute atomic E-state index is 0.311. The van der Waals surface area contributed by atoms with E-state index in [9.17, 15) is 24.9 Å². The molecule has 0 aromatic carbocycles. The Bertz CT molecular complexity index is 713. The molecular formula is C16H28N4O7. The van der Waals surface area contributed by atoms with Crippen LogP contribution < -0.4 is 11.2 Å². The predicted octanol–water partition coefficient (Wildman–Crippen LogP) is -3.50. The summed E-state index contributed by atoms with van der Waals surface area (Å²) >= 11 is 0. The normalized spacial score (nSPS) is 21.0. The fourth-order valence-electron chi connectivity index (χ4n) is 3.00. The average molecular weight is 388 g/mol. The van der Waals surface area contributed by atoms with Gasteiger partial charge in [-0.2, -0.15) is 0 Å². The number of hydrogen-bond donors (Lipinski definition) is 5. The SMILES string of the molecule is COC([C@@H](O)[C@H](O)[C@H](O)CO)n1cc(CN2CCN(C)CC2)c(=O)[nH]c1=O. The zero-order chi connectivity index (χ0) is 20.1. The van der Waals surface area contributed by atoms with Crippen molar-refractivity contribution in [2.75, 3.05) is 46.9 Å². The second-order valence-corrected chi connectivity index (χ2v) is 6.76. The van der Waals surface area contributed by atoms with Crippen LogP contribution in [0, 0.1) is 0 Å². The lowest BCUT2D eigenvalue weighted by Gasteiger charge is -2.32. The number of aliphatic hydroxyl groups is 4. The van der Waals surface area contributed by atoms with Gasteiger partial charge in [-0.15, -0.1) is 0 Å². The highest BCUT2D eigenvalue weighted by atomic mass is 16.5. The van der Waals surface area contributed by atoms with Crippen molar-refractivity contribution < 1.29 is 25.2 Å². The van der Waals surface area contributed by atoms with Gasteiger partial charge < -0.3 is 30.1 Å². The number of H-pyrrole nitrogens is 1. The lowest BCUT2D eigenvalue weighted by Crippen LogP contribution is -2.48. The van der Waals surface area contributed by atoms with E-state index in [1.807, 2.05) is 7.05 Å². The third-order valence-corrected chi connectivity index (χ3v) is 4.77. The fourth-order valence-corrected chi connectivity index (χ4v) is 3.00. The van der Waals surface area contributed by atoms with Gasteiger partial charge in [0.2, 0.25) is 0 Å². The molecule has 154 valence electrons. The second kappa shape index (κ2) is 9.55. The van der Waals surface area contributed by atoms with Crippen molar-refractivity contribution in [2.24, 2.45) is 0 Å². The smallest absolute Gasteiger partial charge is 0.330 e. The molecule has 0 saturated carbocycles. The van der Waals surface area contributed by atoms with Crippen LogP contribution in [0.15, 0.2) is 15.8 Å². The lowest BCUT2D eigenvalue weighted by atomic mass is 10.1. The quantitative estimate of drug-likeness (QED) is 0.305. The molecule has 0 aliphatic carbocycles. The Hall–Kier alpha value is -1.60. The molecule has 5 N–H and O–H groups in total. The van der Waals surface area contributed by atoms with Crippen molar-refractivity contribution in [3.63, 3.8) is 0 Å². The van der Waals surface area contributed by atoms with Gasteiger partial charge in [0.05, 0.1) is 6.61 Å². The van der Waals surface area contributed by atoms with Gasteiger partial charge in [0.15, 0.2) is 6.23 Å². The number of hydrogen-bond acceptors (Lipinski definition) is 9. The van der Waals surface area contributed by atoms with Crippen molar-refractivity contribution in [3.8, 4) is 0 Å². The number of piperazine rings is 1. The molecule has 1 aromatic rings. The van der Waals surface area contributed by atoms with E-state index in [2.05, 4.69) is 14.8 Å². The van der Waals surface area contributed by atoms with Crippen LogP contribution in [0.2, 0.25) is 0 Å². The van der Waals surface area contributed by atoms with Crippen molar-refractivity contribution in [2.45, 2.75) is 31.1 Å². The fraction of sp³-hybridized carbons (Fsp3) is 0.750. The summed E-state index contributed by atoms with van der Waals surface area (Å²) in [7, 11) is 3.23. The van der Waals surface area contributed by atoms with E-state index in [-0.39, 0.29) is 0 Å². The number of aromatic amines is 1. The molecule has 11 nitrogen and oxygen atoms in total. The van der Waals surface area contributed by atoms with Crippen molar-refractivity contribution in [3.05, 3.63) is 32.6 Å². The van der Waals surface area contributed by atoms with Crippen molar-refractivity contribution in [1.29, 1.82) is 0 Å². The molecule has 4 atom stereocenters. The number of ether oxygens (including phenoxy) is 1. The van der Waals surface area contributed by atoms with Crippen molar-refractivity contribution >= 4 is 0 Å². The number of aliphatic hydroxyl groups excluding tert-OH is 4. The van der Waals surface area contributed by atoms with Crippen LogP contribution in [-0.2, 0) is 11.3 Å². The van der Waals surface area contributed by atoms with Gasteiger partial charge >= 0.3 is 5.69 Å². The maximum absolute atomic E-state index is 12.2. The van der Waals surface area contributed by atoms with Crippen LogP contribution >= 0.6 is 0 Å². The summed E-state index contributed by atoms with van der Waals surface area (Å²) in [6.45, 7) is 2.81. The van der Waals surface area contributed by atoms with E-state index in [0.29, 0.717) is 12.1 Å². The van der Waals surface area contributed by atoms with Gasteiger partial charge in [-0.1, -0.05) is 0 Å². The van der Waals surface area contributed by atoms with Crippen LogP contribution in [-0.4, -0.2) is 105 Å². The molecule has 1 aliphatic heterocycles. The van der Waals surface area contributed by atoms with Gasteiger partial charge in [0.25, 0.3) is 5.56 Å². The largest absolute Gasteiger partial charge is 0.394 e. The Morgan fingerprint density at radius 3 is 2.33 bits per heavy atom. The minimum Gasteiger partial charge on any atom is -0.394 e. The molecule has 0 amide bonds. The zero-order valence-electron chi connectivity index (χ0n) is 15.5. The van der Waals surface area contributed by atoms with Gasteiger partial charge in [-0.25, -0.2) is 4.79 Å². The molecule has 1 unspecified atom stereocenters. The monoisotopic (exact) mass is 388 g/mol. The Morgan fingerprint density at radius 1 is 1.15 bits per heavy atom. The topological polar surface area (TPSA) is 151 Å². The summed E-state index contributed by atoms with van der Waals surface area (Å²) < 4.78 is 6.07. The highest BCUT2D eigenvalue weighted by molar-refractivity contribution is 5.06. The summed E-state index contributed by atoms with van der Waals surface area (Å²) in [5, 5.41) is 38.6. The summed E-state index contributed by atoms with van der Waals surface area (Å²) in [5.41, 5.74) is -1.04. The van der Waals surface area contributed by atoms with Gasteiger partial charge in [-0.3, -0.25) is 19.2 Å². The molecule has 0 bridgehead atoms. The van der Waals surface area contributed by atoms with Crippen LogP contribution in [0.3, 0.4) is 0 Å². The summed E-state index contributed by atoms with van der Waals surface area (Å²) in [6, 6.07) is 0. The number of rotatable bonds is 8. The van der Waals surface area contributed by atoms with E-state index in [4.69, 9.17) is 9.84 Å². The van der Waals surface area contributed by atoms with Crippen LogP contribution in [0.4, 0.5) is 0 Å². The maximum Gasteiger partial charge on any atom is 0.330 e. The van der Waals surface area contributed by atoms with E-state index < -0.39 is 42.4 Å². The summed E-state index contributed by atoms with van der Waals surface area (Å²) in [4.78, 5) is 30.8. The first kappa shape index (κ1) is 21.7. The second-order valence-electron chi connectivity index (χ2n) is 6.76. The molecule has 27 heavy (non-hydrogen) atoms. The Morgan fingerprint density at radius 2 is 1.78 bits per heavy atom. The Labute approximate surface area is 156 Å². The van der Waals surface area contributed by atoms with E-state index in [0.717, 1.165) is 30.7 Å². The van der Waals surface area contributed by atoms with E-state index in [1.165, 1.54) is 13.3 Å². The number of likely N-dealkylation sites (N-methyl/N-ethyl adjacent to an activating group) is 1. The third kappa shape index (κ3) is 5.23. The highest BCUT2D eigenvalue weighted by Gasteiger charge is 2.33. The van der Waals surface area contributed by atoms with Gasteiger partial charge in [0.1, 0.15) is 18.3 Å². The van der Waals surface area contributed by atoms with Crippen LogP contribution in [0.25, 0.3) is 0 Å². The molecule has 1 aromatic heterocycles. The lowest BCUT2D eigenvalue weighted by molar-refractivity contribution is -0.146. The van der Waals surface area contributed by atoms with Gasteiger partial charge in [-0.05, 0) is 7.05 Å². The number of methoxy groups -OCH3 is 1. The summed E-state index contributed by atoms with van der Waals surface area (Å²) in [5.74, 6) is 0. The third-order valence-electron chi connectivity index (χ3n) is 4.77. The number of nitrogens with one attached hydrogen (secondary N) is 1. The molecule has 2 rings (SSSR count). The first-order valence-electron chi connectivity index (χ1n) is 8.71. The number of nitrogens with zero attached hydrogens (tertiary/aromatic N) is 3. The Balaban J connectivity index is 2.27. The molecule has 11 heteroatoms. The van der Waals surface area contributed by atoms with Crippen LogP contribution in [0.5, 0.6) is 0 Å². The zero-order valence-corrected chi connectivity index (χ0v) is 15.5. The molecule has 1 aliphatic rings. The standard InChI is InChI=1S/C16H28N4O7/c1-18-3-5-19(6-4-18)7-10-8-20(16(26)17-14(10)25)15(27-2)13(24)12(23)11(22)9-21/h8,11-13,15,21-24H,3-7,9H2,1-2H3,(H,17,25,26)/t11-,12-,13+,15?/m1/s1. The molecular weight excluding hydrogens is 360 g/mol. The van der Waals surface area contributed by atoms with Gasteiger partial charge in [0, 0.05) is 51.6 Å². The van der Waals surface area contributed by atoms with E-state index >= 15 is 0 Å². The first-order chi connectivity index (χ1) is 12.8. The minimum atomic E-state index is -1.75. The average Bonchev–Trinajstić information content (AvgIpc) is 2.65. The maximum atomic E-state index is 12.2. The predicted molar refractivity (Wildman–Crippen MR) is 95.2 cm³/mol. The van der Waals surface area contributed by atoms with Crippen molar-refractivity contribution in [1.82, 2.24) is 19.4 Å². The highest BCUT2D eigenvalue weighted by Crippen LogP contribution is 2.16.